The summed E-state index contributed by atoms with van der Waals surface area (Å²) < 4.78 is 0. The molecule has 1 saturated carbocycles. The number of thioether (sulfide) groups is 1. The van der Waals surface area contributed by atoms with Crippen molar-refractivity contribution in [3.63, 3.8) is 0 Å². The van der Waals surface area contributed by atoms with Gasteiger partial charge in [0.1, 0.15) is 5.54 Å². The molecule has 2 atom stereocenters. The molecule has 1 aliphatic carbocycles. The molecule has 3 nitrogen and oxygen atoms in total. The molecule has 2 unspecified atom stereocenters. The number of benzene rings is 1. The molecule has 0 spiro atoms. The molecule has 2 rings (SSSR count). The molecule has 1 aromatic rings. The standard InChI is InChI=1S/C17H25NO2S/c1-11-5-8-15(12(2)9-11)21-13(3)10-17(4,16(19)20)18-14-6-7-14/h5,8-9,13-14,18H,6-7,10H2,1-4H3,(H,19,20). The molecule has 0 amide bonds. The Morgan fingerprint density at radius 1 is 1.48 bits per heavy atom. The Labute approximate surface area is 131 Å². The third kappa shape index (κ3) is 4.48. The van der Waals surface area contributed by atoms with E-state index in [4.69, 9.17) is 0 Å². The van der Waals surface area contributed by atoms with Crippen LogP contribution in [0.5, 0.6) is 0 Å². The van der Waals surface area contributed by atoms with Gasteiger partial charge in [0.05, 0.1) is 0 Å². The highest BCUT2D eigenvalue weighted by Gasteiger charge is 2.39. The average molecular weight is 307 g/mol. The van der Waals surface area contributed by atoms with Crippen LogP contribution in [0.3, 0.4) is 0 Å². The van der Waals surface area contributed by atoms with Crippen LogP contribution in [0, 0.1) is 13.8 Å². The van der Waals surface area contributed by atoms with Crippen molar-refractivity contribution in [2.75, 3.05) is 0 Å². The molecule has 0 bridgehead atoms. The van der Waals surface area contributed by atoms with Gasteiger partial charge in [-0.15, -0.1) is 11.8 Å². The molecule has 21 heavy (non-hydrogen) atoms. The Balaban J connectivity index is 2.01. The molecule has 1 aliphatic rings. The maximum absolute atomic E-state index is 11.6. The molecule has 0 radical (unpaired) electrons. The molecule has 4 heteroatoms. The van der Waals surface area contributed by atoms with Gasteiger partial charge in [0.2, 0.25) is 0 Å². The average Bonchev–Trinajstić information content (AvgIpc) is 3.16. The van der Waals surface area contributed by atoms with Crippen LogP contribution in [0.4, 0.5) is 0 Å². The molecule has 0 aliphatic heterocycles. The number of carboxylic acid groups (broad SMARTS) is 1. The summed E-state index contributed by atoms with van der Waals surface area (Å²) in [5.41, 5.74) is 1.70. The van der Waals surface area contributed by atoms with E-state index >= 15 is 0 Å². The van der Waals surface area contributed by atoms with Crippen molar-refractivity contribution in [2.24, 2.45) is 0 Å². The zero-order valence-electron chi connectivity index (χ0n) is 13.3. The van der Waals surface area contributed by atoms with Crippen LogP contribution in [0.15, 0.2) is 23.1 Å². The minimum atomic E-state index is -0.827. The van der Waals surface area contributed by atoms with Gasteiger partial charge in [-0.25, -0.2) is 0 Å². The summed E-state index contributed by atoms with van der Waals surface area (Å²) in [7, 11) is 0. The van der Waals surface area contributed by atoms with Crippen molar-refractivity contribution < 1.29 is 9.90 Å². The zero-order valence-corrected chi connectivity index (χ0v) is 14.1. The quantitative estimate of drug-likeness (QED) is 0.753. The molecule has 0 heterocycles. The van der Waals surface area contributed by atoms with E-state index in [1.54, 1.807) is 11.8 Å². The van der Waals surface area contributed by atoms with Crippen molar-refractivity contribution in [3.05, 3.63) is 29.3 Å². The van der Waals surface area contributed by atoms with Gasteiger partial charge in [-0.3, -0.25) is 10.1 Å². The van der Waals surface area contributed by atoms with E-state index in [0.29, 0.717) is 12.5 Å². The molecule has 2 N–H and O–H groups in total. The molecular weight excluding hydrogens is 282 g/mol. The van der Waals surface area contributed by atoms with Crippen LogP contribution in [-0.2, 0) is 4.79 Å². The van der Waals surface area contributed by atoms with Gasteiger partial charge >= 0.3 is 5.97 Å². The minimum absolute atomic E-state index is 0.249. The summed E-state index contributed by atoms with van der Waals surface area (Å²) in [4.78, 5) is 12.9. The Kier molecular flexibility index (Phi) is 4.99. The Bertz CT molecular complexity index is 528. The number of carboxylic acids is 1. The molecule has 0 saturated heterocycles. The largest absolute Gasteiger partial charge is 0.480 e. The van der Waals surface area contributed by atoms with Crippen molar-refractivity contribution in [1.82, 2.24) is 5.32 Å². The maximum Gasteiger partial charge on any atom is 0.323 e. The first-order valence-corrected chi connectivity index (χ1v) is 8.43. The van der Waals surface area contributed by atoms with Gasteiger partial charge in [0.25, 0.3) is 0 Å². The zero-order chi connectivity index (χ0) is 15.6. The van der Waals surface area contributed by atoms with Crippen molar-refractivity contribution in [3.8, 4) is 0 Å². The number of nitrogens with one attached hydrogen (secondary N) is 1. The van der Waals surface area contributed by atoms with Gasteiger partial charge in [-0.05, 0) is 51.7 Å². The summed E-state index contributed by atoms with van der Waals surface area (Å²) in [6.07, 6.45) is 2.82. The first kappa shape index (κ1) is 16.4. The van der Waals surface area contributed by atoms with Crippen LogP contribution < -0.4 is 5.32 Å². The monoisotopic (exact) mass is 307 g/mol. The van der Waals surface area contributed by atoms with Gasteiger partial charge < -0.3 is 5.11 Å². The number of carbonyl (C=O) groups is 1. The molecule has 1 fully saturated rings. The molecule has 1 aromatic carbocycles. The predicted molar refractivity (Wildman–Crippen MR) is 88.1 cm³/mol. The molecular formula is C17H25NO2S. The van der Waals surface area contributed by atoms with E-state index in [1.165, 1.54) is 16.0 Å². The fourth-order valence-corrected chi connectivity index (χ4v) is 3.89. The fraction of sp³-hybridized carbons (Fsp3) is 0.588. The summed E-state index contributed by atoms with van der Waals surface area (Å²) in [6, 6.07) is 6.82. The molecule has 116 valence electrons. The highest BCUT2D eigenvalue weighted by atomic mass is 32.2. The lowest BCUT2D eigenvalue weighted by atomic mass is 9.96. The van der Waals surface area contributed by atoms with E-state index in [2.05, 4.69) is 44.3 Å². The normalized spacial score (nSPS) is 19.0. The second-order valence-corrected chi connectivity index (χ2v) is 7.94. The fourth-order valence-electron chi connectivity index (χ4n) is 2.65. The first-order chi connectivity index (χ1) is 9.80. The lowest BCUT2D eigenvalue weighted by Gasteiger charge is -2.29. The number of hydrogen-bond donors (Lipinski definition) is 2. The maximum atomic E-state index is 11.6. The summed E-state index contributed by atoms with van der Waals surface area (Å²) >= 11 is 1.77. The Morgan fingerprint density at radius 3 is 2.67 bits per heavy atom. The highest BCUT2D eigenvalue weighted by Crippen LogP contribution is 2.33. The van der Waals surface area contributed by atoms with E-state index in [1.807, 2.05) is 6.92 Å². The minimum Gasteiger partial charge on any atom is -0.480 e. The number of hydrogen-bond acceptors (Lipinski definition) is 3. The van der Waals surface area contributed by atoms with Gasteiger partial charge in [0, 0.05) is 16.2 Å². The van der Waals surface area contributed by atoms with Gasteiger partial charge in [-0.2, -0.15) is 0 Å². The Morgan fingerprint density at radius 2 is 2.14 bits per heavy atom. The second-order valence-electron chi connectivity index (χ2n) is 6.46. The second kappa shape index (κ2) is 6.41. The van der Waals surface area contributed by atoms with Crippen LogP contribution in [0.1, 0.15) is 44.2 Å². The van der Waals surface area contributed by atoms with Crippen LogP contribution in [-0.4, -0.2) is 27.9 Å². The van der Waals surface area contributed by atoms with Crippen molar-refractivity contribution in [2.45, 2.75) is 68.7 Å². The third-order valence-electron chi connectivity index (χ3n) is 3.93. The number of rotatable bonds is 7. The Hall–Kier alpha value is -1.00. The lowest BCUT2D eigenvalue weighted by molar-refractivity contribution is -0.144. The van der Waals surface area contributed by atoms with Gasteiger partial charge in [-0.1, -0.05) is 24.6 Å². The van der Waals surface area contributed by atoms with Crippen LogP contribution in [0.2, 0.25) is 0 Å². The SMILES string of the molecule is Cc1ccc(SC(C)CC(C)(NC2CC2)C(=O)O)c(C)c1. The topological polar surface area (TPSA) is 49.3 Å². The number of aryl methyl sites for hydroxylation is 2. The van der Waals surface area contributed by atoms with E-state index in [-0.39, 0.29) is 5.25 Å². The molecule has 0 aromatic heterocycles. The predicted octanol–water partition coefficient (Wildman–Crippen LogP) is 3.77. The van der Waals surface area contributed by atoms with E-state index in [9.17, 15) is 9.90 Å². The first-order valence-electron chi connectivity index (χ1n) is 7.55. The van der Waals surface area contributed by atoms with Gasteiger partial charge in [0.15, 0.2) is 0 Å². The van der Waals surface area contributed by atoms with Crippen molar-refractivity contribution in [1.29, 1.82) is 0 Å². The van der Waals surface area contributed by atoms with Crippen LogP contribution >= 0.6 is 11.8 Å². The van der Waals surface area contributed by atoms with Crippen LogP contribution in [0.25, 0.3) is 0 Å². The third-order valence-corrected chi connectivity index (χ3v) is 5.21. The van der Waals surface area contributed by atoms with E-state index in [0.717, 1.165) is 12.8 Å². The summed E-state index contributed by atoms with van der Waals surface area (Å²) in [5.74, 6) is -0.748. The number of aliphatic carboxylic acids is 1. The highest BCUT2D eigenvalue weighted by molar-refractivity contribution is 8.00. The van der Waals surface area contributed by atoms with E-state index < -0.39 is 11.5 Å². The summed E-state index contributed by atoms with van der Waals surface area (Å²) in [6.45, 7) is 8.12. The lowest BCUT2D eigenvalue weighted by Crippen LogP contribution is -2.51. The summed E-state index contributed by atoms with van der Waals surface area (Å²) in [5, 5.41) is 13.1. The smallest absolute Gasteiger partial charge is 0.323 e. The van der Waals surface area contributed by atoms with Crippen molar-refractivity contribution >= 4 is 17.7 Å².